The largest absolute Gasteiger partial charge is 0.384 e. The monoisotopic (exact) mass is 424 g/mol. The number of rotatable bonds is 6. The number of nitrogens with zero attached hydrogens (tertiary/aromatic N) is 3. The number of benzene rings is 1. The normalized spacial score (nSPS) is 20.0. The second-order valence-corrected chi connectivity index (χ2v) is 9.03. The Morgan fingerprint density at radius 3 is 2.65 bits per heavy atom. The summed E-state index contributed by atoms with van der Waals surface area (Å²) in [5, 5.41) is 7.28. The van der Waals surface area contributed by atoms with Crippen molar-refractivity contribution in [3.8, 4) is 11.3 Å². The molecule has 0 saturated carbocycles. The maximum atomic E-state index is 13.0. The van der Waals surface area contributed by atoms with Gasteiger partial charge in [-0.25, -0.2) is 0 Å². The maximum absolute atomic E-state index is 13.0. The minimum absolute atomic E-state index is 0.00144. The summed E-state index contributed by atoms with van der Waals surface area (Å²) in [5.41, 5.74) is 4.78. The molecule has 2 amide bonds. The standard InChI is InChI=1S/C24H32N4O3/c1-16-4-5-20(10-17(16)2)21-12-22(26-25-21)24(30)27-8-6-18(7-9-27)13-28-14-19(15-31-3)11-23(28)29/h4-5,10,12,18-19H,6-9,11,13-15H2,1-3H3,(H,25,26). The van der Waals surface area contributed by atoms with E-state index < -0.39 is 0 Å². The summed E-state index contributed by atoms with van der Waals surface area (Å²) < 4.78 is 5.20. The Labute approximate surface area is 183 Å². The van der Waals surface area contributed by atoms with E-state index in [1.165, 1.54) is 11.1 Å². The number of amides is 2. The first-order valence-electron chi connectivity index (χ1n) is 11.1. The minimum Gasteiger partial charge on any atom is -0.384 e. The van der Waals surface area contributed by atoms with Crippen molar-refractivity contribution < 1.29 is 14.3 Å². The molecule has 3 heterocycles. The molecule has 1 aromatic heterocycles. The zero-order chi connectivity index (χ0) is 22.0. The number of piperidine rings is 1. The predicted molar refractivity (Wildman–Crippen MR) is 119 cm³/mol. The first kappa shape index (κ1) is 21.6. The van der Waals surface area contributed by atoms with Gasteiger partial charge in [0.1, 0.15) is 5.69 Å². The third kappa shape index (κ3) is 4.82. The summed E-state index contributed by atoms with van der Waals surface area (Å²) in [5.74, 6) is 0.989. The Kier molecular flexibility index (Phi) is 6.41. The Morgan fingerprint density at radius 2 is 1.94 bits per heavy atom. The quantitative estimate of drug-likeness (QED) is 0.773. The van der Waals surface area contributed by atoms with Gasteiger partial charge in [-0.15, -0.1) is 0 Å². The van der Waals surface area contributed by atoms with Crippen LogP contribution in [0.1, 0.15) is 40.9 Å². The first-order chi connectivity index (χ1) is 14.9. The van der Waals surface area contributed by atoms with Gasteiger partial charge in [0, 0.05) is 51.2 Å². The first-order valence-corrected chi connectivity index (χ1v) is 11.1. The third-order valence-electron chi connectivity index (χ3n) is 6.69. The molecule has 2 saturated heterocycles. The van der Waals surface area contributed by atoms with Crippen molar-refractivity contribution in [1.29, 1.82) is 0 Å². The minimum atomic E-state index is -0.00144. The second-order valence-electron chi connectivity index (χ2n) is 9.03. The van der Waals surface area contributed by atoms with Crippen LogP contribution < -0.4 is 0 Å². The SMILES string of the molecule is COCC1CC(=O)N(CC2CCN(C(=O)c3cc(-c4ccc(C)c(C)c4)n[nH]3)CC2)C1. The molecule has 0 bridgehead atoms. The fourth-order valence-electron chi connectivity index (χ4n) is 4.66. The highest BCUT2D eigenvalue weighted by Gasteiger charge is 2.32. The van der Waals surface area contributed by atoms with E-state index in [0.29, 0.717) is 43.6 Å². The van der Waals surface area contributed by atoms with Crippen LogP contribution in [0.2, 0.25) is 0 Å². The number of carbonyl (C=O) groups excluding carboxylic acids is 2. The topological polar surface area (TPSA) is 78.5 Å². The molecular weight excluding hydrogens is 392 g/mol. The molecule has 2 fully saturated rings. The van der Waals surface area contributed by atoms with Crippen LogP contribution in [0.5, 0.6) is 0 Å². The highest BCUT2D eigenvalue weighted by atomic mass is 16.5. The lowest BCUT2D eigenvalue weighted by Crippen LogP contribution is -2.42. The van der Waals surface area contributed by atoms with Crippen molar-refractivity contribution in [3.05, 3.63) is 41.1 Å². The summed E-state index contributed by atoms with van der Waals surface area (Å²) in [6.07, 6.45) is 2.43. The van der Waals surface area contributed by atoms with E-state index in [2.05, 4.69) is 36.2 Å². The molecule has 2 aromatic rings. The maximum Gasteiger partial charge on any atom is 0.271 e. The number of methoxy groups -OCH3 is 1. The van der Waals surface area contributed by atoms with Gasteiger partial charge in [0.15, 0.2) is 0 Å². The molecule has 1 unspecified atom stereocenters. The number of hydrogen-bond donors (Lipinski definition) is 1. The molecule has 7 heteroatoms. The van der Waals surface area contributed by atoms with Gasteiger partial charge in [-0.1, -0.05) is 12.1 Å². The molecule has 31 heavy (non-hydrogen) atoms. The van der Waals surface area contributed by atoms with E-state index >= 15 is 0 Å². The van der Waals surface area contributed by atoms with E-state index in [9.17, 15) is 9.59 Å². The molecule has 0 spiro atoms. The average Bonchev–Trinajstić information content (AvgIpc) is 3.38. The highest BCUT2D eigenvalue weighted by molar-refractivity contribution is 5.93. The molecule has 4 rings (SSSR count). The Morgan fingerprint density at radius 1 is 1.16 bits per heavy atom. The van der Waals surface area contributed by atoms with Gasteiger partial charge in [-0.05, 0) is 55.9 Å². The van der Waals surface area contributed by atoms with Gasteiger partial charge in [0.2, 0.25) is 5.91 Å². The second kappa shape index (κ2) is 9.22. The van der Waals surface area contributed by atoms with Gasteiger partial charge in [0.25, 0.3) is 5.91 Å². The van der Waals surface area contributed by atoms with Crippen LogP contribution in [0.15, 0.2) is 24.3 Å². The van der Waals surface area contributed by atoms with Crippen molar-refractivity contribution >= 4 is 11.8 Å². The van der Waals surface area contributed by atoms with Crippen LogP contribution in [-0.2, 0) is 9.53 Å². The van der Waals surface area contributed by atoms with Gasteiger partial charge < -0.3 is 14.5 Å². The Bertz CT molecular complexity index is 946. The average molecular weight is 425 g/mol. The number of carbonyl (C=O) groups is 2. The molecule has 0 radical (unpaired) electrons. The molecule has 2 aliphatic heterocycles. The number of nitrogens with one attached hydrogen (secondary N) is 1. The van der Waals surface area contributed by atoms with Crippen LogP contribution in [0.25, 0.3) is 11.3 Å². The molecule has 7 nitrogen and oxygen atoms in total. The molecule has 1 N–H and O–H groups in total. The predicted octanol–water partition coefficient (Wildman–Crippen LogP) is 3.04. The van der Waals surface area contributed by atoms with E-state index in [4.69, 9.17) is 4.74 Å². The molecule has 1 aromatic carbocycles. The Hall–Kier alpha value is -2.67. The highest BCUT2D eigenvalue weighted by Crippen LogP contribution is 2.26. The van der Waals surface area contributed by atoms with E-state index in [1.54, 1.807) is 7.11 Å². The summed E-state index contributed by atoms with van der Waals surface area (Å²) >= 11 is 0. The lowest BCUT2D eigenvalue weighted by atomic mass is 9.96. The number of aromatic amines is 1. The molecule has 1 atom stereocenters. The van der Waals surface area contributed by atoms with Crippen LogP contribution in [0.3, 0.4) is 0 Å². The molecular formula is C24H32N4O3. The summed E-state index contributed by atoms with van der Waals surface area (Å²) in [6, 6.07) is 8.06. The van der Waals surface area contributed by atoms with Crippen LogP contribution in [0.4, 0.5) is 0 Å². The number of ether oxygens (including phenoxy) is 1. The van der Waals surface area contributed by atoms with Crippen molar-refractivity contribution in [2.45, 2.75) is 33.1 Å². The summed E-state index contributed by atoms with van der Waals surface area (Å²) in [4.78, 5) is 29.1. The fourth-order valence-corrected chi connectivity index (χ4v) is 4.66. The number of H-pyrrole nitrogens is 1. The van der Waals surface area contributed by atoms with Crippen molar-refractivity contribution in [1.82, 2.24) is 20.0 Å². The van der Waals surface area contributed by atoms with Crippen molar-refractivity contribution in [3.63, 3.8) is 0 Å². The zero-order valence-corrected chi connectivity index (χ0v) is 18.7. The van der Waals surface area contributed by atoms with Crippen LogP contribution in [0, 0.1) is 25.7 Å². The number of likely N-dealkylation sites (tertiary alicyclic amines) is 2. The Balaban J connectivity index is 1.31. The van der Waals surface area contributed by atoms with E-state index in [1.807, 2.05) is 21.9 Å². The molecule has 2 aliphatic rings. The fraction of sp³-hybridized carbons (Fsp3) is 0.542. The third-order valence-corrected chi connectivity index (χ3v) is 6.69. The summed E-state index contributed by atoms with van der Waals surface area (Å²) in [6.45, 7) is 7.82. The van der Waals surface area contributed by atoms with Crippen LogP contribution >= 0.6 is 0 Å². The van der Waals surface area contributed by atoms with E-state index in [-0.39, 0.29) is 11.8 Å². The summed E-state index contributed by atoms with van der Waals surface area (Å²) in [7, 11) is 1.68. The van der Waals surface area contributed by atoms with Gasteiger partial charge in [0.05, 0.1) is 12.3 Å². The lowest BCUT2D eigenvalue weighted by molar-refractivity contribution is -0.128. The van der Waals surface area contributed by atoms with Gasteiger partial charge >= 0.3 is 0 Å². The van der Waals surface area contributed by atoms with Crippen molar-refractivity contribution in [2.24, 2.45) is 11.8 Å². The molecule has 166 valence electrons. The van der Waals surface area contributed by atoms with Crippen LogP contribution in [-0.4, -0.2) is 71.7 Å². The molecule has 0 aliphatic carbocycles. The van der Waals surface area contributed by atoms with Gasteiger partial charge in [-0.2, -0.15) is 5.10 Å². The smallest absolute Gasteiger partial charge is 0.271 e. The van der Waals surface area contributed by atoms with Crippen molar-refractivity contribution in [2.75, 3.05) is 39.9 Å². The number of aryl methyl sites for hydroxylation is 2. The van der Waals surface area contributed by atoms with E-state index in [0.717, 1.165) is 37.2 Å². The number of hydrogen-bond acceptors (Lipinski definition) is 4. The van der Waals surface area contributed by atoms with Gasteiger partial charge in [-0.3, -0.25) is 14.7 Å². The lowest BCUT2D eigenvalue weighted by Gasteiger charge is -2.33. The number of aromatic nitrogens is 2. The zero-order valence-electron chi connectivity index (χ0n) is 18.7.